The molecule has 0 radical (unpaired) electrons. The van der Waals surface area contributed by atoms with Crippen LogP contribution in [-0.2, 0) is 11.3 Å². The van der Waals surface area contributed by atoms with Crippen LogP contribution in [0.3, 0.4) is 0 Å². The van der Waals surface area contributed by atoms with Gasteiger partial charge in [0.15, 0.2) is 0 Å². The van der Waals surface area contributed by atoms with E-state index in [0.717, 1.165) is 24.7 Å². The predicted molar refractivity (Wildman–Crippen MR) is 65.5 cm³/mol. The fourth-order valence-corrected chi connectivity index (χ4v) is 2.63. The monoisotopic (exact) mass is 241 g/mol. The first kappa shape index (κ1) is 12.0. The zero-order valence-corrected chi connectivity index (χ0v) is 10.6. The quantitative estimate of drug-likeness (QED) is 0.822. The maximum atomic E-state index is 6.02. The zero-order valence-electron chi connectivity index (χ0n) is 9.82. The second kappa shape index (κ2) is 4.79. The number of thiazole rings is 1. The van der Waals surface area contributed by atoms with Crippen LogP contribution in [0.1, 0.15) is 16.8 Å². The van der Waals surface area contributed by atoms with Crippen LogP contribution in [0.15, 0.2) is 6.20 Å². The molecule has 0 bridgehead atoms. The summed E-state index contributed by atoms with van der Waals surface area (Å²) in [6.45, 7) is 7.39. The number of hydrogen-bond acceptors (Lipinski definition) is 5. The van der Waals surface area contributed by atoms with E-state index in [1.807, 2.05) is 13.1 Å². The van der Waals surface area contributed by atoms with Gasteiger partial charge in [-0.25, -0.2) is 4.98 Å². The van der Waals surface area contributed by atoms with E-state index < -0.39 is 0 Å². The van der Waals surface area contributed by atoms with Gasteiger partial charge in [0, 0.05) is 35.6 Å². The van der Waals surface area contributed by atoms with Crippen molar-refractivity contribution >= 4 is 11.3 Å². The van der Waals surface area contributed by atoms with Gasteiger partial charge in [0.1, 0.15) is 0 Å². The molecular weight excluding hydrogens is 222 g/mol. The Morgan fingerprint density at radius 1 is 1.75 bits per heavy atom. The highest BCUT2D eigenvalue weighted by Gasteiger charge is 2.37. The molecule has 2 atom stereocenters. The maximum absolute atomic E-state index is 6.02. The number of ether oxygens (including phenoxy) is 1. The number of nitrogens with one attached hydrogen (secondary N) is 1. The van der Waals surface area contributed by atoms with E-state index in [-0.39, 0.29) is 11.5 Å². The highest BCUT2D eigenvalue weighted by atomic mass is 32.1. The summed E-state index contributed by atoms with van der Waals surface area (Å²) in [6.07, 6.45) is 1.93. The van der Waals surface area contributed by atoms with Crippen LogP contribution < -0.4 is 11.1 Å². The molecular formula is C11H19N3OS. The van der Waals surface area contributed by atoms with Crippen molar-refractivity contribution in [1.82, 2.24) is 10.3 Å². The highest BCUT2D eigenvalue weighted by molar-refractivity contribution is 7.11. The molecule has 0 amide bonds. The molecule has 0 spiro atoms. The summed E-state index contributed by atoms with van der Waals surface area (Å²) in [6, 6.07) is 0.142. The highest BCUT2D eigenvalue weighted by Crippen LogP contribution is 2.26. The Morgan fingerprint density at radius 2 is 2.56 bits per heavy atom. The SMILES string of the molecule is Cc1ncc(CNCC2(C)COCC2N)s1. The second-order valence-electron chi connectivity index (χ2n) is 4.72. The summed E-state index contributed by atoms with van der Waals surface area (Å²) in [4.78, 5) is 5.50. The predicted octanol–water partition coefficient (Wildman–Crippen LogP) is 0.905. The van der Waals surface area contributed by atoms with Gasteiger partial charge in [-0.1, -0.05) is 6.92 Å². The molecule has 0 aromatic carbocycles. The fraction of sp³-hybridized carbons (Fsp3) is 0.727. The van der Waals surface area contributed by atoms with Crippen molar-refractivity contribution in [3.8, 4) is 0 Å². The van der Waals surface area contributed by atoms with Gasteiger partial charge >= 0.3 is 0 Å². The van der Waals surface area contributed by atoms with Gasteiger partial charge in [-0.15, -0.1) is 11.3 Å². The molecule has 90 valence electrons. The summed E-state index contributed by atoms with van der Waals surface area (Å²) >= 11 is 1.73. The third-order valence-corrected chi connectivity index (χ3v) is 4.03. The van der Waals surface area contributed by atoms with Crippen LogP contribution in [-0.4, -0.2) is 30.8 Å². The van der Waals surface area contributed by atoms with E-state index in [0.29, 0.717) is 6.61 Å². The zero-order chi connectivity index (χ0) is 11.6. The Hall–Kier alpha value is -0.490. The van der Waals surface area contributed by atoms with Crippen molar-refractivity contribution in [2.24, 2.45) is 11.1 Å². The average Bonchev–Trinajstić information content (AvgIpc) is 2.76. The Labute approximate surface area is 100 Å². The van der Waals surface area contributed by atoms with Gasteiger partial charge in [-0.3, -0.25) is 0 Å². The van der Waals surface area contributed by atoms with E-state index in [9.17, 15) is 0 Å². The normalized spacial score (nSPS) is 29.8. The molecule has 2 rings (SSSR count). The maximum Gasteiger partial charge on any atom is 0.0897 e. The van der Waals surface area contributed by atoms with Gasteiger partial charge in [0.25, 0.3) is 0 Å². The van der Waals surface area contributed by atoms with E-state index in [1.165, 1.54) is 4.88 Å². The smallest absolute Gasteiger partial charge is 0.0897 e. The topological polar surface area (TPSA) is 60.2 Å². The van der Waals surface area contributed by atoms with Crippen molar-refractivity contribution < 1.29 is 4.74 Å². The van der Waals surface area contributed by atoms with Crippen LogP contribution >= 0.6 is 11.3 Å². The van der Waals surface area contributed by atoms with Gasteiger partial charge in [-0.2, -0.15) is 0 Å². The fourth-order valence-electron chi connectivity index (χ4n) is 1.87. The lowest BCUT2D eigenvalue weighted by Crippen LogP contribution is -2.45. The molecule has 1 fully saturated rings. The van der Waals surface area contributed by atoms with E-state index in [1.54, 1.807) is 11.3 Å². The lowest BCUT2D eigenvalue weighted by molar-refractivity contribution is 0.158. The Balaban J connectivity index is 1.79. The molecule has 0 aliphatic carbocycles. The summed E-state index contributed by atoms with van der Waals surface area (Å²) in [5.41, 5.74) is 6.09. The summed E-state index contributed by atoms with van der Waals surface area (Å²) in [5.74, 6) is 0. The number of aromatic nitrogens is 1. The molecule has 1 aliphatic heterocycles. The van der Waals surface area contributed by atoms with Gasteiger partial charge in [0.2, 0.25) is 0 Å². The molecule has 5 heteroatoms. The summed E-state index contributed by atoms with van der Waals surface area (Å²) < 4.78 is 5.40. The third kappa shape index (κ3) is 2.60. The third-order valence-electron chi connectivity index (χ3n) is 3.12. The van der Waals surface area contributed by atoms with Crippen LogP contribution in [0.4, 0.5) is 0 Å². The van der Waals surface area contributed by atoms with Crippen LogP contribution in [0, 0.1) is 12.3 Å². The molecule has 2 unspecified atom stereocenters. The largest absolute Gasteiger partial charge is 0.379 e. The Morgan fingerprint density at radius 3 is 3.12 bits per heavy atom. The molecule has 1 saturated heterocycles. The minimum Gasteiger partial charge on any atom is -0.379 e. The molecule has 3 N–H and O–H groups in total. The lowest BCUT2D eigenvalue weighted by atomic mass is 9.86. The van der Waals surface area contributed by atoms with Gasteiger partial charge in [0.05, 0.1) is 18.2 Å². The van der Waals surface area contributed by atoms with Crippen molar-refractivity contribution in [3.63, 3.8) is 0 Å². The first-order chi connectivity index (χ1) is 7.60. The molecule has 2 heterocycles. The summed E-state index contributed by atoms with van der Waals surface area (Å²) in [5, 5.41) is 4.55. The number of rotatable bonds is 4. The van der Waals surface area contributed by atoms with E-state index >= 15 is 0 Å². The standard InChI is InChI=1S/C11H19N3OS/c1-8-14-4-9(16-8)3-13-6-11(2)7-15-5-10(11)12/h4,10,13H,3,5-7,12H2,1-2H3. The minimum absolute atomic E-state index is 0.0692. The van der Waals surface area contributed by atoms with E-state index in [4.69, 9.17) is 10.5 Å². The molecule has 16 heavy (non-hydrogen) atoms. The summed E-state index contributed by atoms with van der Waals surface area (Å²) in [7, 11) is 0. The van der Waals surface area contributed by atoms with Crippen molar-refractivity contribution in [1.29, 1.82) is 0 Å². The number of nitrogens with zero attached hydrogens (tertiary/aromatic N) is 1. The first-order valence-electron chi connectivity index (χ1n) is 5.55. The Bertz CT molecular complexity index is 355. The van der Waals surface area contributed by atoms with Crippen LogP contribution in [0.5, 0.6) is 0 Å². The van der Waals surface area contributed by atoms with Gasteiger partial charge in [-0.05, 0) is 6.92 Å². The van der Waals surface area contributed by atoms with Gasteiger partial charge < -0.3 is 15.8 Å². The number of nitrogens with two attached hydrogens (primary N) is 1. The first-order valence-corrected chi connectivity index (χ1v) is 6.37. The van der Waals surface area contributed by atoms with Crippen molar-refractivity contribution in [2.45, 2.75) is 26.4 Å². The molecule has 0 saturated carbocycles. The minimum atomic E-state index is 0.0692. The second-order valence-corrected chi connectivity index (χ2v) is 6.04. The number of hydrogen-bond donors (Lipinski definition) is 2. The molecule has 1 aliphatic rings. The van der Waals surface area contributed by atoms with Crippen LogP contribution in [0.25, 0.3) is 0 Å². The Kier molecular flexibility index (Phi) is 3.59. The molecule has 4 nitrogen and oxygen atoms in total. The van der Waals surface area contributed by atoms with Crippen molar-refractivity contribution in [3.05, 3.63) is 16.1 Å². The van der Waals surface area contributed by atoms with Crippen LogP contribution in [0.2, 0.25) is 0 Å². The number of aryl methyl sites for hydroxylation is 1. The lowest BCUT2D eigenvalue weighted by Gasteiger charge is -2.26. The van der Waals surface area contributed by atoms with Crippen molar-refractivity contribution in [2.75, 3.05) is 19.8 Å². The molecule has 1 aromatic rings. The van der Waals surface area contributed by atoms with E-state index in [2.05, 4.69) is 17.2 Å². The average molecular weight is 241 g/mol. The molecule has 1 aromatic heterocycles.